The van der Waals surface area contributed by atoms with Crippen molar-refractivity contribution >= 4 is 36.3 Å². The number of nitrogens with two attached hydrogens (primary N) is 1. The summed E-state index contributed by atoms with van der Waals surface area (Å²) in [6, 6.07) is 2.31. The summed E-state index contributed by atoms with van der Waals surface area (Å²) in [5, 5.41) is 24.2. The monoisotopic (exact) mass is 480 g/mol. The Morgan fingerprint density at radius 1 is 1.15 bits per heavy atom. The number of amides is 3. The lowest BCUT2D eigenvalue weighted by molar-refractivity contribution is -0.150. The van der Waals surface area contributed by atoms with E-state index in [1.165, 1.54) is 17.0 Å². The van der Waals surface area contributed by atoms with Crippen molar-refractivity contribution in [2.45, 2.75) is 57.3 Å². The van der Waals surface area contributed by atoms with Gasteiger partial charge in [-0.1, -0.05) is 26.0 Å². The van der Waals surface area contributed by atoms with E-state index >= 15 is 0 Å². The van der Waals surface area contributed by atoms with Crippen LogP contribution in [0.5, 0.6) is 5.75 Å². The van der Waals surface area contributed by atoms with Gasteiger partial charge in [-0.3, -0.25) is 14.4 Å². The number of nitrogens with one attached hydrogen (secondary N) is 2. The average molecular weight is 481 g/mol. The number of hydrogen-bond donors (Lipinski definition) is 6. The maximum Gasteiger partial charge on any atom is 0.326 e. The van der Waals surface area contributed by atoms with Crippen molar-refractivity contribution in [2.24, 2.45) is 11.7 Å². The average Bonchev–Trinajstić information content (AvgIpc) is 3.27. The van der Waals surface area contributed by atoms with Gasteiger partial charge in [0.1, 0.15) is 23.9 Å². The number of phenolic OH excluding ortho intramolecular Hbond substituents is 1. The lowest BCUT2D eigenvalue weighted by Crippen LogP contribution is -2.59. The van der Waals surface area contributed by atoms with Gasteiger partial charge in [0.25, 0.3) is 0 Å². The zero-order valence-corrected chi connectivity index (χ0v) is 19.6. The predicted molar refractivity (Wildman–Crippen MR) is 125 cm³/mol. The van der Waals surface area contributed by atoms with Crippen LogP contribution in [0.4, 0.5) is 0 Å². The molecule has 182 valence electrons. The summed E-state index contributed by atoms with van der Waals surface area (Å²) in [6.45, 7) is 3.80. The zero-order chi connectivity index (χ0) is 24.7. The molecule has 2 rings (SSSR count). The number of benzene rings is 1. The standard InChI is InChI=1S/C22H32N4O6S/c1-12(2)18(21(30)26-9-3-4-17(26)22(31)32)25-20(29)16(24-19(28)15(23)11-33)10-13-5-7-14(27)8-6-13/h5-8,12,15-18,27,33H,3-4,9-11,23H2,1-2H3,(H,24,28)(H,25,29)(H,31,32). The van der Waals surface area contributed by atoms with E-state index in [9.17, 15) is 29.4 Å². The number of carbonyl (C=O) groups excluding carboxylic acids is 3. The van der Waals surface area contributed by atoms with E-state index in [0.717, 1.165) is 0 Å². The van der Waals surface area contributed by atoms with Crippen molar-refractivity contribution < 1.29 is 29.4 Å². The van der Waals surface area contributed by atoms with Crippen LogP contribution in [0, 0.1) is 5.92 Å². The number of carboxylic acids is 1. The van der Waals surface area contributed by atoms with Crippen LogP contribution in [0.3, 0.4) is 0 Å². The Morgan fingerprint density at radius 3 is 2.33 bits per heavy atom. The number of aliphatic carboxylic acids is 1. The molecule has 4 unspecified atom stereocenters. The SMILES string of the molecule is CC(C)C(NC(=O)C(Cc1ccc(O)cc1)NC(=O)C(N)CS)C(=O)N1CCCC1C(=O)O. The molecule has 1 aliphatic rings. The van der Waals surface area contributed by atoms with Gasteiger partial charge in [-0.2, -0.15) is 12.6 Å². The zero-order valence-electron chi connectivity index (χ0n) is 18.7. The second-order valence-corrected chi connectivity index (χ2v) is 8.84. The van der Waals surface area contributed by atoms with Crippen molar-refractivity contribution in [2.75, 3.05) is 12.3 Å². The Kier molecular flexibility index (Phi) is 9.54. The molecule has 1 aromatic carbocycles. The van der Waals surface area contributed by atoms with E-state index in [-0.39, 0.29) is 23.8 Å². The highest BCUT2D eigenvalue weighted by molar-refractivity contribution is 7.80. The molecule has 0 aromatic heterocycles. The molecular weight excluding hydrogens is 448 g/mol. The summed E-state index contributed by atoms with van der Waals surface area (Å²) < 4.78 is 0. The second-order valence-electron chi connectivity index (χ2n) is 8.48. The Hall–Kier alpha value is -2.79. The van der Waals surface area contributed by atoms with Gasteiger partial charge in [-0.15, -0.1) is 0 Å². The van der Waals surface area contributed by atoms with Crippen LogP contribution in [0.15, 0.2) is 24.3 Å². The highest BCUT2D eigenvalue weighted by Gasteiger charge is 2.39. The van der Waals surface area contributed by atoms with Gasteiger partial charge in [-0.25, -0.2) is 4.79 Å². The number of phenols is 1. The molecule has 4 atom stereocenters. The molecule has 11 heteroatoms. The minimum atomic E-state index is -1.08. The highest BCUT2D eigenvalue weighted by Crippen LogP contribution is 2.20. The number of nitrogens with zero attached hydrogens (tertiary/aromatic N) is 1. The van der Waals surface area contributed by atoms with E-state index in [2.05, 4.69) is 23.3 Å². The molecule has 3 amide bonds. The van der Waals surface area contributed by atoms with Gasteiger partial charge in [0.15, 0.2) is 0 Å². The van der Waals surface area contributed by atoms with Gasteiger partial charge < -0.3 is 31.5 Å². The first-order valence-corrected chi connectivity index (χ1v) is 11.5. The number of hydrogen-bond acceptors (Lipinski definition) is 7. The Bertz CT molecular complexity index is 863. The number of carbonyl (C=O) groups is 4. The maximum atomic E-state index is 13.2. The molecule has 1 saturated heterocycles. The highest BCUT2D eigenvalue weighted by atomic mass is 32.1. The summed E-state index contributed by atoms with van der Waals surface area (Å²) in [7, 11) is 0. The summed E-state index contributed by atoms with van der Waals surface area (Å²) in [5.74, 6) is -2.88. The Labute approximate surface area is 198 Å². The van der Waals surface area contributed by atoms with Crippen LogP contribution in [0.2, 0.25) is 0 Å². The summed E-state index contributed by atoms with van der Waals surface area (Å²) in [6.07, 6.45) is 1.03. The Morgan fingerprint density at radius 2 is 1.79 bits per heavy atom. The first-order chi connectivity index (χ1) is 15.5. The van der Waals surface area contributed by atoms with E-state index < -0.39 is 47.9 Å². The quantitative estimate of drug-likeness (QED) is 0.255. The maximum absolute atomic E-state index is 13.2. The van der Waals surface area contributed by atoms with Gasteiger partial charge in [0.2, 0.25) is 17.7 Å². The predicted octanol–water partition coefficient (Wildman–Crippen LogP) is -0.107. The molecule has 0 bridgehead atoms. The fraction of sp³-hybridized carbons (Fsp3) is 0.545. The summed E-state index contributed by atoms with van der Waals surface area (Å²) >= 11 is 4.01. The fourth-order valence-corrected chi connectivity index (χ4v) is 3.84. The topological polar surface area (TPSA) is 162 Å². The van der Waals surface area contributed by atoms with Crippen LogP contribution >= 0.6 is 12.6 Å². The molecule has 1 heterocycles. The van der Waals surface area contributed by atoms with Gasteiger partial charge in [0.05, 0.1) is 6.04 Å². The molecule has 1 aromatic rings. The third kappa shape index (κ3) is 7.10. The van der Waals surface area contributed by atoms with Crippen LogP contribution in [-0.4, -0.2) is 75.3 Å². The smallest absolute Gasteiger partial charge is 0.326 e. The molecule has 0 spiro atoms. The molecule has 0 radical (unpaired) electrons. The molecule has 0 aliphatic carbocycles. The number of thiol groups is 1. The molecule has 33 heavy (non-hydrogen) atoms. The van der Waals surface area contributed by atoms with Crippen molar-refractivity contribution in [1.29, 1.82) is 0 Å². The van der Waals surface area contributed by atoms with Crippen LogP contribution in [0.25, 0.3) is 0 Å². The van der Waals surface area contributed by atoms with Gasteiger partial charge in [-0.05, 0) is 36.5 Å². The second kappa shape index (κ2) is 11.9. The first kappa shape index (κ1) is 26.5. The van der Waals surface area contributed by atoms with Crippen LogP contribution in [0.1, 0.15) is 32.3 Å². The minimum Gasteiger partial charge on any atom is -0.508 e. The molecule has 1 aliphatic heterocycles. The van der Waals surface area contributed by atoms with Crippen molar-refractivity contribution in [3.63, 3.8) is 0 Å². The Balaban J connectivity index is 2.22. The number of carboxylic acid groups (broad SMARTS) is 1. The van der Waals surface area contributed by atoms with Gasteiger partial charge >= 0.3 is 5.97 Å². The largest absolute Gasteiger partial charge is 0.508 e. The minimum absolute atomic E-state index is 0.0601. The fourth-order valence-electron chi connectivity index (χ4n) is 3.67. The summed E-state index contributed by atoms with van der Waals surface area (Å²) in [4.78, 5) is 51.5. The van der Waals surface area contributed by atoms with Crippen molar-refractivity contribution in [3.05, 3.63) is 29.8 Å². The van der Waals surface area contributed by atoms with Gasteiger partial charge in [0, 0.05) is 18.7 Å². The lowest BCUT2D eigenvalue weighted by atomic mass is 10.00. The molecule has 10 nitrogen and oxygen atoms in total. The molecule has 6 N–H and O–H groups in total. The van der Waals surface area contributed by atoms with E-state index in [0.29, 0.717) is 24.9 Å². The normalized spacial score (nSPS) is 18.5. The van der Waals surface area contributed by atoms with Crippen LogP contribution < -0.4 is 16.4 Å². The first-order valence-electron chi connectivity index (χ1n) is 10.8. The van der Waals surface area contributed by atoms with E-state index in [1.807, 2.05) is 0 Å². The summed E-state index contributed by atoms with van der Waals surface area (Å²) in [5.41, 5.74) is 6.40. The number of likely N-dealkylation sites (tertiary alicyclic amines) is 1. The lowest BCUT2D eigenvalue weighted by Gasteiger charge is -2.30. The molecule has 0 saturated carbocycles. The number of rotatable bonds is 10. The van der Waals surface area contributed by atoms with Crippen molar-refractivity contribution in [1.82, 2.24) is 15.5 Å². The number of aromatic hydroxyl groups is 1. The van der Waals surface area contributed by atoms with E-state index in [4.69, 9.17) is 5.73 Å². The molecule has 1 fully saturated rings. The van der Waals surface area contributed by atoms with Crippen LogP contribution in [-0.2, 0) is 25.6 Å². The third-order valence-corrected chi connectivity index (χ3v) is 5.99. The third-order valence-electron chi connectivity index (χ3n) is 5.59. The molecular formula is C22H32N4O6S. The van der Waals surface area contributed by atoms with Crippen molar-refractivity contribution in [3.8, 4) is 5.75 Å². The van der Waals surface area contributed by atoms with E-state index in [1.54, 1.807) is 26.0 Å².